The molecule has 0 saturated carbocycles. The number of hydrogen-bond acceptors (Lipinski definition) is 3. The van der Waals surface area contributed by atoms with Gasteiger partial charge < -0.3 is 5.11 Å². The van der Waals surface area contributed by atoms with E-state index in [9.17, 15) is 5.11 Å². The quantitative estimate of drug-likeness (QED) is 0.820. The Hall–Kier alpha value is -1.42. The summed E-state index contributed by atoms with van der Waals surface area (Å²) in [4.78, 5) is 0. The number of nitrogens with zero attached hydrogens (tertiary/aromatic N) is 2. The van der Waals surface area contributed by atoms with Crippen LogP contribution in [0, 0.1) is 0 Å². The zero-order chi connectivity index (χ0) is 11.0. The molecular formula is C12H12N2OS. The minimum atomic E-state index is 0.292. The minimum Gasteiger partial charge on any atom is -0.508 e. The van der Waals surface area contributed by atoms with Gasteiger partial charge in [0.1, 0.15) is 5.75 Å². The molecule has 4 heteroatoms. The van der Waals surface area contributed by atoms with Gasteiger partial charge in [-0.3, -0.25) is 0 Å². The molecule has 1 N–H and O–H groups in total. The van der Waals surface area contributed by atoms with Gasteiger partial charge in [0, 0.05) is 17.0 Å². The topological polar surface area (TPSA) is 38.0 Å². The van der Waals surface area contributed by atoms with Crippen molar-refractivity contribution >= 4 is 11.8 Å². The lowest BCUT2D eigenvalue weighted by molar-refractivity contribution is 0.475. The molecule has 1 aliphatic heterocycles. The molecule has 0 atom stereocenters. The van der Waals surface area contributed by atoms with E-state index >= 15 is 0 Å². The third-order valence-electron chi connectivity index (χ3n) is 2.79. The Morgan fingerprint density at radius 2 is 2.06 bits per heavy atom. The number of phenols is 1. The van der Waals surface area contributed by atoms with Gasteiger partial charge in [0.25, 0.3) is 0 Å². The lowest BCUT2D eigenvalue weighted by Crippen LogP contribution is -2.07. The molecule has 82 valence electrons. The van der Waals surface area contributed by atoms with Crippen molar-refractivity contribution in [2.45, 2.75) is 12.2 Å². The van der Waals surface area contributed by atoms with Crippen LogP contribution in [-0.4, -0.2) is 20.6 Å². The molecule has 0 saturated heterocycles. The largest absolute Gasteiger partial charge is 0.508 e. The highest BCUT2D eigenvalue weighted by Gasteiger charge is 2.15. The molecule has 2 heterocycles. The molecule has 0 aliphatic carbocycles. The van der Waals surface area contributed by atoms with E-state index in [1.807, 2.05) is 34.8 Å². The molecule has 0 amide bonds. The number of aromatic nitrogens is 2. The highest BCUT2D eigenvalue weighted by molar-refractivity contribution is 7.98. The average molecular weight is 232 g/mol. The Balaban J connectivity index is 2.06. The number of hydrogen-bond donors (Lipinski definition) is 1. The van der Waals surface area contributed by atoms with E-state index in [4.69, 9.17) is 0 Å². The molecule has 1 aromatic heterocycles. The maximum atomic E-state index is 9.26. The highest BCUT2D eigenvalue weighted by Crippen LogP contribution is 2.26. The van der Waals surface area contributed by atoms with E-state index in [-0.39, 0.29) is 0 Å². The summed E-state index contributed by atoms with van der Waals surface area (Å²) < 4.78 is 1.98. The van der Waals surface area contributed by atoms with E-state index < -0.39 is 0 Å². The van der Waals surface area contributed by atoms with Gasteiger partial charge >= 0.3 is 0 Å². The van der Waals surface area contributed by atoms with Crippen LogP contribution >= 0.6 is 11.8 Å². The molecule has 3 rings (SSSR count). The fraction of sp³-hybridized carbons (Fsp3) is 0.250. The maximum Gasteiger partial charge on any atom is 0.115 e. The molecule has 16 heavy (non-hydrogen) atoms. The second-order valence-electron chi connectivity index (χ2n) is 3.85. The average Bonchev–Trinajstić information content (AvgIpc) is 2.74. The van der Waals surface area contributed by atoms with Crippen LogP contribution in [0.5, 0.6) is 5.75 Å². The summed E-state index contributed by atoms with van der Waals surface area (Å²) >= 11 is 1.96. The molecule has 1 aliphatic rings. The number of phenolic OH excluding ortho intramolecular Hbond substituents is 1. The van der Waals surface area contributed by atoms with Crippen molar-refractivity contribution in [3.63, 3.8) is 0 Å². The van der Waals surface area contributed by atoms with Crippen LogP contribution in [0.1, 0.15) is 11.3 Å². The summed E-state index contributed by atoms with van der Waals surface area (Å²) in [7, 11) is 0. The molecule has 0 fully saturated rings. The van der Waals surface area contributed by atoms with Crippen LogP contribution in [0.2, 0.25) is 0 Å². The predicted molar refractivity (Wildman–Crippen MR) is 65.1 cm³/mol. The van der Waals surface area contributed by atoms with Crippen LogP contribution < -0.4 is 0 Å². The SMILES string of the molecule is Oc1ccc(-n2ncc3c2CCSC3)cc1. The molecule has 0 bridgehead atoms. The standard InChI is InChI=1S/C12H12N2OS/c15-11-3-1-10(2-4-11)14-12-5-6-16-8-9(12)7-13-14/h1-4,7,15H,5-6,8H2. The highest BCUT2D eigenvalue weighted by atomic mass is 32.2. The van der Waals surface area contributed by atoms with Crippen LogP contribution in [0.4, 0.5) is 0 Å². The summed E-state index contributed by atoms with van der Waals surface area (Å²) in [5, 5.41) is 13.7. The molecule has 1 aromatic carbocycles. The van der Waals surface area contributed by atoms with Crippen molar-refractivity contribution in [3.8, 4) is 11.4 Å². The van der Waals surface area contributed by atoms with Crippen LogP contribution in [0.15, 0.2) is 30.5 Å². The Labute approximate surface area is 98.1 Å². The van der Waals surface area contributed by atoms with Gasteiger partial charge in [0.05, 0.1) is 11.9 Å². The molecule has 3 nitrogen and oxygen atoms in total. The van der Waals surface area contributed by atoms with Crippen molar-refractivity contribution in [1.29, 1.82) is 0 Å². The smallest absolute Gasteiger partial charge is 0.115 e. The second kappa shape index (κ2) is 3.87. The summed E-state index contributed by atoms with van der Waals surface area (Å²) in [6.45, 7) is 0. The number of thioether (sulfide) groups is 1. The van der Waals surface area contributed by atoms with Gasteiger partial charge in [-0.25, -0.2) is 4.68 Å². The monoisotopic (exact) mass is 232 g/mol. The van der Waals surface area contributed by atoms with Crippen molar-refractivity contribution in [2.75, 3.05) is 5.75 Å². The van der Waals surface area contributed by atoms with Crippen molar-refractivity contribution < 1.29 is 5.11 Å². The fourth-order valence-electron chi connectivity index (χ4n) is 1.96. The van der Waals surface area contributed by atoms with Gasteiger partial charge in [-0.2, -0.15) is 16.9 Å². The zero-order valence-corrected chi connectivity index (χ0v) is 9.57. The molecule has 2 aromatic rings. The zero-order valence-electron chi connectivity index (χ0n) is 8.76. The number of fused-ring (bicyclic) bond motifs is 1. The molecular weight excluding hydrogens is 220 g/mol. The lowest BCUT2D eigenvalue weighted by atomic mass is 10.2. The Morgan fingerprint density at radius 3 is 2.88 bits per heavy atom. The van der Waals surface area contributed by atoms with Gasteiger partial charge in [-0.05, 0) is 36.4 Å². The first kappa shape index (κ1) is 9.78. The Morgan fingerprint density at radius 1 is 1.25 bits per heavy atom. The number of benzene rings is 1. The summed E-state index contributed by atoms with van der Waals surface area (Å²) in [6, 6.07) is 7.18. The maximum absolute atomic E-state index is 9.26. The normalized spacial score (nSPS) is 14.8. The van der Waals surface area contributed by atoms with Crippen molar-refractivity contribution in [3.05, 3.63) is 41.7 Å². The van der Waals surface area contributed by atoms with Crippen molar-refractivity contribution in [1.82, 2.24) is 9.78 Å². The lowest BCUT2D eigenvalue weighted by Gasteiger charge is -2.13. The van der Waals surface area contributed by atoms with Gasteiger partial charge in [-0.15, -0.1) is 0 Å². The van der Waals surface area contributed by atoms with Gasteiger partial charge in [-0.1, -0.05) is 0 Å². The summed E-state index contributed by atoms with van der Waals surface area (Å²) in [6.07, 6.45) is 3.02. The van der Waals surface area contributed by atoms with Crippen LogP contribution in [0.3, 0.4) is 0 Å². The van der Waals surface area contributed by atoms with Crippen molar-refractivity contribution in [2.24, 2.45) is 0 Å². The molecule has 0 unspecified atom stereocenters. The first-order valence-electron chi connectivity index (χ1n) is 5.27. The van der Waals surface area contributed by atoms with E-state index in [0.717, 1.165) is 23.6 Å². The van der Waals surface area contributed by atoms with Crippen LogP contribution in [-0.2, 0) is 12.2 Å². The Bertz CT molecular complexity index is 504. The van der Waals surface area contributed by atoms with Crippen LogP contribution in [0.25, 0.3) is 5.69 Å². The fourth-order valence-corrected chi connectivity index (χ4v) is 2.91. The number of aromatic hydroxyl groups is 1. The van der Waals surface area contributed by atoms with E-state index in [2.05, 4.69) is 5.10 Å². The first-order valence-corrected chi connectivity index (χ1v) is 6.43. The van der Waals surface area contributed by atoms with Gasteiger partial charge in [0.15, 0.2) is 0 Å². The minimum absolute atomic E-state index is 0.292. The predicted octanol–water partition coefficient (Wildman–Crippen LogP) is 2.37. The van der Waals surface area contributed by atoms with Gasteiger partial charge in [0.2, 0.25) is 0 Å². The first-order chi connectivity index (χ1) is 7.84. The van der Waals surface area contributed by atoms with E-state index in [0.29, 0.717) is 5.75 Å². The Kier molecular flexibility index (Phi) is 2.36. The number of rotatable bonds is 1. The summed E-state index contributed by atoms with van der Waals surface area (Å²) in [5.74, 6) is 2.52. The summed E-state index contributed by atoms with van der Waals surface area (Å²) in [5.41, 5.74) is 3.67. The van der Waals surface area contributed by atoms with E-state index in [1.165, 1.54) is 11.3 Å². The third-order valence-corrected chi connectivity index (χ3v) is 3.80. The molecule has 0 spiro atoms. The second-order valence-corrected chi connectivity index (χ2v) is 4.95. The molecule has 0 radical (unpaired) electrons. The third kappa shape index (κ3) is 1.59. The van der Waals surface area contributed by atoms with E-state index in [1.54, 1.807) is 12.1 Å².